The molecule has 3 rings (SSSR count). The number of hydrogen-bond donors (Lipinski definition) is 1. The largest absolute Gasteiger partial charge is 0.325 e. The summed E-state index contributed by atoms with van der Waals surface area (Å²) in [5.41, 5.74) is 0.933. The standard InChI is InChI=1S/C18H15F3N4OS/c1-25-16(6-11-2-4-12(19)5-3-11)23-24-18(25)27-10-17(26)22-15-8-13(20)7-14(21)9-15/h2-5,7-9H,6,10H2,1H3,(H,22,26). The normalized spacial score (nSPS) is 10.8. The van der Waals surface area contributed by atoms with Crippen LogP contribution in [-0.4, -0.2) is 26.4 Å². The van der Waals surface area contributed by atoms with E-state index in [9.17, 15) is 18.0 Å². The Hall–Kier alpha value is -2.81. The van der Waals surface area contributed by atoms with Crippen molar-refractivity contribution in [2.45, 2.75) is 11.6 Å². The van der Waals surface area contributed by atoms with Crippen molar-refractivity contribution in [2.24, 2.45) is 7.05 Å². The van der Waals surface area contributed by atoms with Gasteiger partial charge in [0.05, 0.1) is 5.75 Å². The lowest BCUT2D eigenvalue weighted by Gasteiger charge is -2.06. The molecule has 0 aliphatic heterocycles. The van der Waals surface area contributed by atoms with E-state index in [1.54, 1.807) is 23.7 Å². The molecule has 9 heteroatoms. The Bertz CT molecular complexity index is 939. The molecule has 0 unspecified atom stereocenters. The number of halogens is 3. The molecule has 2 aromatic carbocycles. The van der Waals surface area contributed by atoms with Crippen molar-refractivity contribution in [3.63, 3.8) is 0 Å². The Labute approximate surface area is 157 Å². The van der Waals surface area contributed by atoms with Gasteiger partial charge in [-0.1, -0.05) is 23.9 Å². The third-order valence-electron chi connectivity index (χ3n) is 3.68. The van der Waals surface area contributed by atoms with Crippen LogP contribution in [0.15, 0.2) is 47.6 Å². The number of carbonyl (C=O) groups is 1. The molecule has 1 amide bonds. The molecule has 0 spiro atoms. The van der Waals surface area contributed by atoms with Gasteiger partial charge in [0.1, 0.15) is 23.3 Å². The average Bonchev–Trinajstić information content (AvgIpc) is 2.94. The smallest absolute Gasteiger partial charge is 0.234 e. The molecule has 0 fully saturated rings. The van der Waals surface area contributed by atoms with E-state index < -0.39 is 17.5 Å². The number of carbonyl (C=O) groups excluding carboxylic acids is 1. The van der Waals surface area contributed by atoms with Crippen molar-refractivity contribution in [3.05, 3.63) is 71.3 Å². The van der Waals surface area contributed by atoms with Gasteiger partial charge in [-0.2, -0.15) is 0 Å². The minimum atomic E-state index is -0.767. The second-order valence-electron chi connectivity index (χ2n) is 5.76. The summed E-state index contributed by atoms with van der Waals surface area (Å²) in [7, 11) is 1.76. The molecular weight excluding hydrogens is 377 g/mol. The summed E-state index contributed by atoms with van der Waals surface area (Å²) in [6.07, 6.45) is 0.471. The zero-order valence-electron chi connectivity index (χ0n) is 14.2. The summed E-state index contributed by atoms with van der Waals surface area (Å²) in [5.74, 6) is -1.60. The molecule has 1 aromatic heterocycles. The highest BCUT2D eigenvalue weighted by atomic mass is 32.2. The summed E-state index contributed by atoms with van der Waals surface area (Å²) in [5, 5.41) is 11.1. The number of rotatable bonds is 6. The Morgan fingerprint density at radius 3 is 2.37 bits per heavy atom. The Kier molecular flexibility index (Phi) is 5.80. The first kappa shape index (κ1) is 19.0. The van der Waals surface area contributed by atoms with Crippen molar-refractivity contribution in [1.82, 2.24) is 14.8 Å². The first-order valence-corrected chi connectivity index (χ1v) is 8.91. The maximum absolute atomic E-state index is 13.1. The quantitative estimate of drug-likeness (QED) is 0.652. The Morgan fingerprint density at radius 1 is 1.04 bits per heavy atom. The summed E-state index contributed by atoms with van der Waals surface area (Å²) in [4.78, 5) is 12.0. The Morgan fingerprint density at radius 2 is 1.70 bits per heavy atom. The van der Waals surface area contributed by atoms with E-state index in [1.807, 2.05) is 0 Å². The number of anilines is 1. The van der Waals surface area contributed by atoms with Crippen molar-refractivity contribution in [3.8, 4) is 0 Å². The molecule has 1 N–H and O–H groups in total. The molecule has 0 saturated heterocycles. The highest BCUT2D eigenvalue weighted by Gasteiger charge is 2.13. The molecule has 0 aliphatic rings. The fourth-order valence-corrected chi connectivity index (χ4v) is 3.09. The molecule has 3 aromatic rings. The highest BCUT2D eigenvalue weighted by Crippen LogP contribution is 2.19. The molecule has 5 nitrogen and oxygen atoms in total. The van der Waals surface area contributed by atoms with Crippen LogP contribution < -0.4 is 5.32 Å². The summed E-state index contributed by atoms with van der Waals surface area (Å²) < 4.78 is 41.0. The van der Waals surface area contributed by atoms with E-state index in [1.165, 1.54) is 12.1 Å². The minimum absolute atomic E-state index is 0.000649. The van der Waals surface area contributed by atoms with Gasteiger partial charge in [0.25, 0.3) is 0 Å². The molecule has 1 heterocycles. The minimum Gasteiger partial charge on any atom is -0.325 e. The summed E-state index contributed by atoms with van der Waals surface area (Å²) in [6, 6.07) is 8.89. The zero-order chi connectivity index (χ0) is 19.4. The van der Waals surface area contributed by atoms with Crippen LogP contribution >= 0.6 is 11.8 Å². The van der Waals surface area contributed by atoms with Gasteiger partial charge in [-0.05, 0) is 29.8 Å². The fourth-order valence-electron chi connectivity index (χ4n) is 2.36. The Balaban J connectivity index is 1.58. The topological polar surface area (TPSA) is 59.8 Å². The van der Waals surface area contributed by atoms with Gasteiger partial charge in [-0.3, -0.25) is 4.79 Å². The van der Waals surface area contributed by atoms with Gasteiger partial charge >= 0.3 is 0 Å². The number of aromatic nitrogens is 3. The first-order valence-electron chi connectivity index (χ1n) is 7.92. The number of amides is 1. The van der Waals surface area contributed by atoms with Crippen LogP contribution in [0.5, 0.6) is 0 Å². The van der Waals surface area contributed by atoms with Gasteiger partial charge in [0.2, 0.25) is 5.91 Å². The van der Waals surface area contributed by atoms with Crippen LogP contribution in [0.1, 0.15) is 11.4 Å². The van der Waals surface area contributed by atoms with Crippen LogP contribution in [0.4, 0.5) is 18.9 Å². The average molecular weight is 392 g/mol. The first-order chi connectivity index (χ1) is 12.9. The fraction of sp³-hybridized carbons (Fsp3) is 0.167. The number of thioether (sulfide) groups is 1. The van der Waals surface area contributed by atoms with Crippen LogP contribution in [0.2, 0.25) is 0 Å². The lowest BCUT2D eigenvalue weighted by Crippen LogP contribution is -2.15. The summed E-state index contributed by atoms with van der Waals surface area (Å²) in [6.45, 7) is 0. The number of hydrogen-bond acceptors (Lipinski definition) is 4. The second kappa shape index (κ2) is 8.26. The molecule has 0 saturated carbocycles. The molecule has 0 atom stereocenters. The monoisotopic (exact) mass is 392 g/mol. The lowest BCUT2D eigenvalue weighted by atomic mass is 10.1. The maximum atomic E-state index is 13.1. The zero-order valence-corrected chi connectivity index (χ0v) is 15.1. The van der Waals surface area contributed by atoms with Gasteiger partial charge in [-0.15, -0.1) is 10.2 Å². The van der Waals surface area contributed by atoms with E-state index in [0.717, 1.165) is 35.5 Å². The molecule has 140 valence electrons. The van der Waals surface area contributed by atoms with Gasteiger partial charge in [-0.25, -0.2) is 13.2 Å². The van der Waals surface area contributed by atoms with Gasteiger partial charge in [0.15, 0.2) is 5.16 Å². The molecule has 0 bridgehead atoms. The van der Waals surface area contributed by atoms with Crippen molar-refractivity contribution in [2.75, 3.05) is 11.1 Å². The molecule has 27 heavy (non-hydrogen) atoms. The van der Waals surface area contributed by atoms with Crippen molar-refractivity contribution in [1.29, 1.82) is 0 Å². The molecule has 0 aliphatic carbocycles. The van der Waals surface area contributed by atoms with Crippen LogP contribution in [0.3, 0.4) is 0 Å². The third-order valence-corrected chi connectivity index (χ3v) is 4.70. The number of benzene rings is 2. The highest BCUT2D eigenvalue weighted by molar-refractivity contribution is 7.99. The number of nitrogens with zero attached hydrogens (tertiary/aromatic N) is 3. The summed E-state index contributed by atoms with van der Waals surface area (Å²) >= 11 is 1.15. The lowest BCUT2D eigenvalue weighted by molar-refractivity contribution is -0.113. The van der Waals surface area contributed by atoms with E-state index in [0.29, 0.717) is 17.4 Å². The maximum Gasteiger partial charge on any atom is 0.234 e. The van der Waals surface area contributed by atoms with Crippen molar-refractivity contribution >= 4 is 23.4 Å². The third kappa shape index (κ3) is 5.10. The van der Waals surface area contributed by atoms with Gasteiger partial charge in [0, 0.05) is 25.2 Å². The van der Waals surface area contributed by atoms with E-state index in [-0.39, 0.29) is 17.3 Å². The predicted octanol–water partition coefficient (Wildman–Crippen LogP) is 3.55. The predicted molar refractivity (Wildman–Crippen MR) is 95.9 cm³/mol. The van der Waals surface area contributed by atoms with E-state index >= 15 is 0 Å². The van der Waals surface area contributed by atoms with Gasteiger partial charge < -0.3 is 9.88 Å². The molecule has 0 radical (unpaired) electrons. The van der Waals surface area contributed by atoms with Crippen molar-refractivity contribution < 1.29 is 18.0 Å². The van der Waals surface area contributed by atoms with Crippen LogP contribution in [0.25, 0.3) is 0 Å². The van der Waals surface area contributed by atoms with E-state index in [2.05, 4.69) is 15.5 Å². The second-order valence-corrected chi connectivity index (χ2v) is 6.70. The SMILES string of the molecule is Cn1c(Cc2ccc(F)cc2)nnc1SCC(=O)Nc1cc(F)cc(F)c1. The van der Waals surface area contributed by atoms with E-state index in [4.69, 9.17) is 0 Å². The van der Waals surface area contributed by atoms with Crippen LogP contribution in [0, 0.1) is 17.5 Å². The molecular formula is C18H15F3N4OS. The van der Waals surface area contributed by atoms with Crippen LogP contribution in [-0.2, 0) is 18.3 Å². The number of nitrogens with one attached hydrogen (secondary N) is 1.